The van der Waals surface area contributed by atoms with Gasteiger partial charge in [0.1, 0.15) is 5.75 Å². The van der Waals surface area contributed by atoms with Crippen LogP contribution in [0.4, 0.5) is 16.2 Å². The summed E-state index contributed by atoms with van der Waals surface area (Å²) in [5.74, 6) is 1.13. The normalized spacial score (nSPS) is 19.6. The van der Waals surface area contributed by atoms with Gasteiger partial charge in [-0.15, -0.1) is 10.2 Å². The first kappa shape index (κ1) is 22.9. The van der Waals surface area contributed by atoms with Gasteiger partial charge in [0.25, 0.3) is 0 Å². The summed E-state index contributed by atoms with van der Waals surface area (Å²) in [6.45, 7) is 4.53. The molecule has 35 heavy (non-hydrogen) atoms. The average Bonchev–Trinajstić information content (AvgIpc) is 3.40. The van der Waals surface area contributed by atoms with E-state index in [0.29, 0.717) is 12.4 Å². The van der Waals surface area contributed by atoms with E-state index in [4.69, 9.17) is 9.15 Å². The molecular formula is C26H29N5O4. The standard InChI is InChI=1S/C26H29N5O4/c1-15-4-7-19(12-23(15)34-3)28-24(32)17-5-8-20(9-6-17)31-13-21-16(2)10-18(25-30-27-14-35-25)11-22(21)29-26(31)33/h4,7,10-12,14,17,20H,5-6,8-9,13H2,1-3H3,(H,28,32)(H,29,33). The molecule has 1 aliphatic heterocycles. The Morgan fingerprint density at radius 1 is 1.14 bits per heavy atom. The maximum Gasteiger partial charge on any atom is 0.322 e. The van der Waals surface area contributed by atoms with E-state index < -0.39 is 0 Å². The highest BCUT2D eigenvalue weighted by Crippen LogP contribution is 2.36. The summed E-state index contributed by atoms with van der Waals surface area (Å²) < 4.78 is 10.7. The highest BCUT2D eigenvalue weighted by molar-refractivity contribution is 5.94. The lowest BCUT2D eigenvalue weighted by Crippen LogP contribution is -2.47. The number of anilines is 2. The molecule has 2 N–H and O–H groups in total. The molecule has 0 saturated heterocycles. The second-order valence-corrected chi connectivity index (χ2v) is 9.30. The van der Waals surface area contributed by atoms with Crippen LogP contribution in [0.1, 0.15) is 42.4 Å². The van der Waals surface area contributed by atoms with Gasteiger partial charge >= 0.3 is 6.03 Å². The minimum Gasteiger partial charge on any atom is -0.496 e. The summed E-state index contributed by atoms with van der Waals surface area (Å²) in [6.07, 6.45) is 4.35. The van der Waals surface area contributed by atoms with Crippen LogP contribution in [0.2, 0.25) is 0 Å². The molecule has 2 aliphatic rings. The van der Waals surface area contributed by atoms with Gasteiger partial charge in [0.05, 0.1) is 13.7 Å². The monoisotopic (exact) mass is 475 g/mol. The quantitative estimate of drug-likeness (QED) is 0.543. The van der Waals surface area contributed by atoms with Crippen LogP contribution in [0.25, 0.3) is 11.5 Å². The Balaban J connectivity index is 1.22. The lowest BCUT2D eigenvalue weighted by Gasteiger charge is -2.39. The topological polar surface area (TPSA) is 110 Å². The van der Waals surface area contributed by atoms with E-state index >= 15 is 0 Å². The summed E-state index contributed by atoms with van der Waals surface area (Å²) in [4.78, 5) is 27.8. The molecule has 9 heteroatoms. The molecule has 0 spiro atoms. The van der Waals surface area contributed by atoms with Crippen LogP contribution >= 0.6 is 0 Å². The molecule has 1 aliphatic carbocycles. The fourth-order valence-corrected chi connectivity index (χ4v) is 5.08. The molecule has 182 valence electrons. The van der Waals surface area contributed by atoms with E-state index in [1.807, 2.05) is 49.1 Å². The third kappa shape index (κ3) is 4.58. The van der Waals surface area contributed by atoms with Crippen LogP contribution in [0.5, 0.6) is 5.75 Å². The van der Waals surface area contributed by atoms with E-state index in [1.165, 1.54) is 6.39 Å². The molecule has 1 fully saturated rings. The number of rotatable bonds is 5. The van der Waals surface area contributed by atoms with E-state index in [1.54, 1.807) is 7.11 Å². The number of carbonyl (C=O) groups excluding carboxylic acids is 2. The van der Waals surface area contributed by atoms with Crippen LogP contribution in [0.15, 0.2) is 41.1 Å². The fourth-order valence-electron chi connectivity index (χ4n) is 5.08. The SMILES string of the molecule is COc1cc(NC(=O)C2CCC(N3Cc4c(C)cc(-c5nnco5)cc4NC3=O)CC2)ccc1C. The van der Waals surface area contributed by atoms with Gasteiger partial charge in [-0.2, -0.15) is 0 Å². The molecule has 5 rings (SSSR count). The zero-order valence-corrected chi connectivity index (χ0v) is 20.1. The van der Waals surface area contributed by atoms with Crippen LogP contribution in [0.3, 0.4) is 0 Å². The van der Waals surface area contributed by atoms with E-state index in [-0.39, 0.29) is 23.9 Å². The maximum atomic E-state index is 13.0. The Morgan fingerprint density at radius 2 is 1.94 bits per heavy atom. The van der Waals surface area contributed by atoms with Gasteiger partial charge in [-0.1, -0.05) is 6.07 Å². The molecule has 3 amide bonds. The summed E-state index contributed by atoms with van der Waals surface area (Å²) in [5, 5.41) is 13.8. The van der Waals surface area contributed by atoms with Crippen molar-refractivity contribution in [3.8, 4) is 17.2 Å². The molecule has 9 nitrogen and oxygen atoms in total. The molecule has 1 saturated carbocycles. The minimum absolute atomic E-state index is 0.0206. The van der Waals surface area contributed by atoms with Crippen molar-refractivity contribution in [3.05, 3.63) is 53.4 Å². The minimum atomic E-state index is -0.112. The number of methoxy groups -OCH3 is 1. The molecule has 2 aromatic carbocycles. The van der Waals surface area contributed by atoms with Gasteiger partial charge in [-0.05, 0) is 74.4 Å². The van der Waals surface area contributed by atoms with E-state index in [9.17, 15) is 9.59 Å². The summed E-state index contributed by atoms with van der Waals surface area (Å²) in [6, 6.07) is 9.55. The fraction of sp³-hybridized carbons (Fsp3) is 0.385. The maximum absolute atomic E-state index is 13.0. The Labute approximate surface area is 203 Å². The van der Waals surface area contributed by atoms with Crippen molar-refractivity contribution in [2.24, 2.45) is 5.92 Å². The van der Waals surface area contributed by atoms with Crippen molar-refractivity contribution in [2.45, 2.75) is 52.1 Å². The number of urea groups is 1. The van der Waals surface area contributed by atoms with Gasteiger partial charge in [0, 0.05) is 35.0 Å². The Hall–Kier alpha value is -3.88. The lowest BCUT2D eigenvalue weighted by atomic mass is 9.84. The number of hydrogen-bond acceptors (Lipinski definition) is 6. The molecule has 0 unspecified atom stereocenters. The average molecular weight is 476 g/mol. The second-order valence-electron chi connectivity index (χ2n) is 9.30. The largest absolute Gasteiger partial charge is 0.496 e. The van der Waals surface area contributed by atoms with Gasteiger partial charge < -0.3 is 24.7 Å². The predicted molar refractivity (Wildman–Crippen MR) is 131 cm³/mol. The van der Waals surface area contributed by atoms with Crippen molar-refractivity contribution in [1.29, 1.82) is 0 Å². The zero-order valence-electron chi connectivity index (χ0n) is 20.1. The van der Waals surface area contributed by atoms with Crippen molar-refractivity contribution in [1.82, 2.24) is 15.1 Å². The van der Waals surface area contributed by atoms with Crippen LogP contribution in [0, 0.1) is 19.8 Å². The van der Waals surface area contributed by atoms with Gasteiger partial charge in [-0.3, -0.25) is 4.79 Å². The van der Waals surface area contributed by atoms with Gasteiger partial charge in [-0.25, -0.2) is 4.79 Å². The third-order valence-electron chi connectivity index (χ3n) is 7.09. The highest BCUT2D eigenvalue weighted by atomic mass is 16.5. The van der Waals surface area contributed by atoms with Crippen molar-refractivity contribution >= 4 is 23.3 Å². The number of fused-ring (bicyclic) bond motifs is 1. The number of hydrogen-bond donors (Lipinski definition) is 2. The number of ether oxygens (including phenoxy) is 1. The Bertz CT molecular complexity index is 1250. The number of aromatic nitrogens is 2. The number of nitrogens with one attached hydrogen (secondary N) is 2. The van der Waals surface area contributed by atoms with Crippen LogP contribution in [-0.4, -0.2) is 40.2 Å². The molecule has 0 radical (unpaired) electrons. The summed E-state index contributed by atoms with van der Waals surface area (Å²) in [7, 11) is 1.62. The van der Waals surface area contributed by atoms with Crippen molar-refractivity contribution in [2.75, 3.05) is 17.7 Å². The van der Waals surface area contributed by atoms with E-state index in [0.717, 1.165) is 65.1 Å². The number of aryl methyl sites for hydroxylation is 2. The van der Waals surface area contributed by atoms with Crippen LogP contribution in [-0.2, 0) is 11.3 Å². The first-order valence-electron chi connectivity index (χ1n) is 11.9. The highest BCUT2D eigenvalue weighted by Gasteiger charge is 2.34. The van der Waals surface area contributed by atoms with Gasteiger partial charge in [0.15, 0.2) is 0 Å². The molecule has 3 aromatic rings. The zero-order chi connectivity index (χ0) is 24.5. The Morgan fingerprint density at radius 3 is 2.66 bits per heavy atom. The predicted octanol–water partition coefficient (Wildman–Crippen LogP) is 4.91. The Kier molecular flexibility index (Phi) is 6.15. The molecule has 0 atom stereocenters. The van der Waals surface area contributed by atoms with Crippen LogP contribution < -0.4 is 15.4 Å². The number of carbonyl (C=O) groups is 2. The third-order valence-corrected chi connectivity index (χ3v) is 7.09. The molecule has 1 aromatic heterocycles. The lowest BCUT2D eigenvalue weighted by molar-refractivity contribution is -0.121. The number of amides is 3. The van der Waals surface area contributed by atoms with Crippen molar-refractivity contribution < 1.29 is 18.7 Å². The van der Waals surface area contributed by atoms with Gasteiger partial charge in [0.2, 0.25) is 18.2 Å². The molecule has 0 bridgehead atoms. The van der Waals surface area contributed by atoms with Crippen molar-refractivity contribution in [3.63, 3.8) is 0 Å². The molecular weight excluding hydrogens is 446 g/mol. The second kappa shape index (κ2) is 9.40. The smallest absolute Gasteiger partial charge is 0.322 e. The number of benzene rings is 2. The number of nitrogens with zero attached hydrogens (tertiary/aromatic N) is 3. The molecule has 2 heterocycles. The first-order valence-corrected chi connectivity index (χ1v) is 11.9. The first-order chi connectivity index (χ1) is 16.9. The summed E-state index contributed by atoms with van der Waals surface area (Å²) >= 11 is 0. The summed E-state index contributed by atoms with van der Waals surface area (Å²) in [5.41, 5.74) is 5.46. The van der Waals surface area contributed by atoms with E-state index in [2.05, 4.69) is 20.8 Å².